The van der Waals surface area contributed by atoms with Gasteiger partial charge < -0.3 is 29.6 Å². The van der Waals surface area contributed by atoms with Crippen LogP contribution >= 0.6 is 12.2 Å². The third kappa shape index (κ3) is 2.05. The third-order valence-corrected chi connectivity index (χ3v) is 3.85. The van der Waals surface area contributed by atoms with Crippen LogP contribution < -0.4 is 0 Å². The Labute approximate surface area is 123 Å². The van der Waals surface area contributed by atoms with E-state index in [0.29, 0.717) is 11.0 Å². The topological polar surface area (TPSA) is 127 Å². The van der Waals surface area contributed by atoms with Crippen molar-refractivity contribution in [3.8, 4) is 6.07 Å². The Kier molecular flexibility index (Phi) is 3.48. The summed E-state index contributed by atoms with van der Waals surface area (Å²) in [4.78, 5) is 6.78. The molecule has 1 fully saturated rings. The average molecular weight is 308 g/mol. The smallest absolute Gasteiger partial charge is 0.164 e. The SMILES string of the molecule is N#Cc1cn([C@@H]2O[C@H](CO)[C@@H](O)[C@H]2O)c2[nH]cnc(=S)c12. The Balaban J connectivity index is 2.17. The van der Waals surface area contributed by atoms with Crippen molar-refractivity contribution in [2.24, 2.45) is 0 Å². The number of aromatic amines is 1. The zero-order chi connectivity index (χ0) is 15.1. The average Bonchev–Trinajstić information content (AvgIpc) is 2.99. The Morgan fingerprint density at radius 1 is 1.48 bits per heavy atom. The Morgan fingerprint density at radius 2 is 2.24 bits per heavy atom. The monoisotopic (exact) mass is 308 g/mol. The molecule has 3 heterocycles. The zero-order valence-electron chi connectivity index (χ0n) is 10.7. The predicted octanol–water partition coefficient (Wildman–Crippen LogP) is -0.423. The zero-order valence-corrected chi connectivity index (χ0v) is 11.5. The van der Waals surface area contributed by atoms with Crippen molar-refractivity contribution in [1.29, 1.82) is 5.26 Å². The minimum Gasteiger partial charge on any atom is -0.394 e. The number of nitrogens with one attached hydrogen (secondary N) is 1. The van der Waals surface area contributed by atoms with E-state index in [1.165, 1.54) is 17.1 Å². The summed E-state index contributed by atoms with van der Waals surface area (Å²) in [5.74, 6) is 0. The molecular formula is C12H12N4O4S. The van der Waals surface area contributed by atoms with Gasteiger partial charge in [-0.05, 0) is 0 Å². The van der Waals surface area contributed by atoms with E-state index >= 15 is 0 Å². The molecular weight excluding hydrogens is 296 g/mol. The van der Waals surface area contributed by atoms with Crippen LogP contribution in [0.4, 0.5) is 0 Å². The molecule has 2 aromatic heterocycles. The standard InChI is InChI=1S/C12H12N4O4S/c13-1-5-2-16(10-7(5)11(21)15-4-14-10)12-9(19)8(18)6(3-17)20-12/h2,4,6,8-9,12,17-19H,3H2,(H,14,15,21)/t6-,8-,9-,12-/m1/s1. The van der Waals surface area contributed by atoms with Gasteiger partial charge in [0, 0.05) is 6.20 Å². The van der Waals surface area contributed by atoms with E-state index in [1.54, 1.807) is 0 Å². The number of aliphatic hydroxyl groups is 3. The Morgan fingerprint density at radius 3 is 2.86 bits per heavy atom. The van der Waals surface area contributed by atoms with Gasteiger partial charge in [-0.25, -0.2) is 4.98 Å². The van der Waals surface area contributed by atoms with Crippen LogP contribution in [-0.2, 0) is 4.74 Å². The van der Waals surface area contributed by atoms with Crippen LogP contribution in [0.5, 0.6) is 0 Å². The van der Waals surface area contributed by atoms with Gasteiger partial charge in [-0.2, -0.15) is 5.26 Å². The highest BCUT2D eigenvalue weighted by Crippen LogP contribution is 2.33. The van der Waals surface area contributed by atoms with Crippen LogP contribution in [-0.4, -0.2) is 54.8 Å². The number of hydrogen-bond donors (Lipinski definition) is 4. The number of rotatable bonds is 2. The van der Waals surface area contributed by atoms with Crippen molar-refractivity contribution < 1.29 is 20.1 Å². The first kappa shape index (κ1) is 14.1. The first-order chi connectivity index (χ1) is 10.1. The van der Waals surface area contributed by atoms with Crippen molar-refractivity contribution in [3.63, 3.8) is 0 Å². The molecule has 1 aliphatic rings. The molecule has 0 spiro atoms. The van der Waals surface area contributed by atoms with E-state index in [1.807, 2.05) is 6.07 Å². The van der Waals surface area contributed by atoms with Crippen LogP contribution in [0, 0.1) is 16.0 Å². The maximum Gasteiger partial charge on any atom is 0.164 e. The molecule has 0 bridgehead atoms. The fourth-order valence-electron chi connectivity index (χ4n) is 2.50. The van der Waals surface area contributed by atoms with E-state index in [9.17, 15) is 15.5 Å². The molecule has 1 aliphatic heterocycles. The van der Waals surface area contributed by atoms with Crippen LogP contribution in [0.2, 0.25) is 0 Å². The maximum absolute atomic E-state index is 10.1. The minimum absolute atomic E-state index is 0.255. The van der Waals surface area contributed by atoms with Crippen LogP contribution in [0.15, 0.2) is 12.5 Å². The largest absolute Gasteiger partial charge is 0.394 e. The first-order valence-electron chi connectivity index (χ1n) is 6.19. The second kappa shape index (κ2) is 5.18. The molecule has 0 unspecified atom stereocenters. The summed E-state index contributed by atoms with van der Waals surface area (Å²) >= 11 is 5.11. The summed E-state index contributed by atoms with van der Waals surface area (Å²) in [6, 6.07) is 2.01. The summed E-state index contributed by atoms with van der Waals surface area (Å²) < 4.78 is 7.19. The lowest BCUT2D eigenvalue weighted by molar-refractivity contribution is -0.0508. The van der Waals surface area contributed by atoms with Gasteiger partial charge in [-0.3, -0.25) is 0 Å². The third-order valence-electron chi connectivity index (χ3n) is 3.54. The van der Waals surface area contributed by atoms with Gasteiger partial charge >= 0.3 is 0 Å². The first-order valence-corrected chi connectivity index (χ1v) is 6.60. The quantitative estimate of drug-likeness (QED) is 0.555. The number of H-pyrrole nitrogens is 1. The van der Waals surface area contributed by atoms with E-state index in [2.05, 4.69) is 9.97 Å². The van der Waals surface area contributed by atoms with Crippen LogP contribution in [0.3, 0.4) is 0 Å². The lowest BCUT2D eigenvalue weighted by atomic mass is 10.1. The lowest BCUT2D eigenvalue weighted by Crippen LogP contribution is -2.33. The molecule has 9 heteroatoms. The molecule has 4 N–H and O–H groups in total. The normalized spacial score (nSPS) is 28.9. The second-order valence-corrected chi connectivity index (χ2v) is 5.11. The summed E-state index contributed by atoms with van der Waals surface area (Å²) in [6.45, 7) is -0.420. The lowest BCUT2D eigenvalue weighted by Gasteiger charge is -2.17. The molecule has 110 valence electrons. The molecule has 0 aliphatic carbocycles. The molecule has 0 radical (unpaired) electrons. The maximum atomic E-state index is 10.1. The molecule has 1 saturated heterocycles. The number of ether oxygens (including phenoxy) is 1. The molecule has 0 amide bonds. The molecule has 3 rings (SSSR count). The number of aromatic nitrogens is 3. The summed E-state index contributed by atoms with van der Waals surface area (Å²) in [5.41, 5.74) is 0.749. The fraction of sp³-hybridized carbons (Fsp3) is 0.417. The van der Waals surface area contributed by atoms with Crippen molar-refractivity contribution in [2.75, 3.05) is 6.61 Å². The number of hydrogen-bond acceptors (Lipinski definition) is 7. The van der Waals surface area contributed by atoms with Crippen molar-refractivity contribution >= 4 is 23.3 Å². The van der Waals surface area contributed by atoms with Gasteiger partial charge in [-0.15, -0.1) is 0 Å². The van der Waals surface area contributed by atoms with Gasteiger partial charge in [-0.1, -0.05) is 12.2 Å². The van der Waals surface area contributed by atoms with Gasteiger partial charge in [0.1, 0.15) is 34.7 Å². The highest BCUT2D eigenvalue weighted by atomic mass is 32.1. The second-order valence-electron chi connectivity index (χ2n) is 4.72. The van der Waals surface area contributed by atoms with Gasteiger partial charge in [0.2, 0.25) is 0 Å². The summed E-state index contributed by atoms with van der Waals surface area (Å²) in [5, 5.41) is 38.7. The molecule has 8 nitrogen and oxygen atoms in total. The predicted molar refractivity (Wildman–Crippen MR) is 72.6 cm³/mol. The number of nitriles is 1. The number of fused-ring (bicyclic) bond motifs is 1. The molecule has 0 saturated carbocycles. The summed E-state index contributed by atoms with van der Waals surface area (Å²) in [7, 11) is 0. The van der Waals surface area contributed by atoms with E-state index < -0.39 is 31.1 Å². The van der Waals surface area contributed by atoms with Crippen molar-refractivity contribution in [2.45, 2.75) is 24.5 Å². The molecule has 4 atom stereocenters. The Bertz CT molecular complexity index is 780. The molecule has 21 heavy (non-hydrogen) atoms. The van der Waals surface area contributed by atoms with Gasteiger partial charge in [0.25, 0.3) is 0 Å². The Hall–Kier alpha value is -1.83. The van der Waals surface area contributed by atoms with Crippen molar-refractivity contribution in [1.82, 2.24) is 14.5 Å². The highest BCUT2D eigenvalue weighted by Gasteiger charge is 2.43. The molecule has 2 aromatic rings. The van der Waals surface area contributed by atoms with Crippen LogP contribution in [0.1, 0.15) is 11.8 Å². The van der Waals surface area contributed by atoms with E-state index in [0.717, 1.165) is 0 Å². The number of nitrogens with zero attached hydrogens (tertiary/aromatic N) is 3. The van der Waals surface area contributed by atoms with Crippen LogP contribution in [0.25, 0.3) is 11.0 Å². The van der Waals surface area contributed by atoms with E-state index in [4.69, 9.17) is 22.1 Å². The fourth-order valence-corrected chi connectivity index (χ4v) is 2.76. The van der Waals surface area contributed by atoms with Crippen molar-refractivity contribution in [3.05, 3.63) is 22.7 Å². The minimum atomic E-state index is -1.24. The van der Waals surface area contributed by atoms with Gasteiger partial charge in [0.15, 0.2) is 6.23 Å². The van der Waals surface area contributed by atoms with Gasteiger partial charge in [0.05, 0.1) is 23.9 Å². The summed E-state index contributed by atoms with van der Waals surface area (Å²) in [6.07, 6.45) is -1.43. The van der Waals surface area contributed by atoms with E-state index in [-0.39, 0.29) is 10.2 Å². The molecule has 0 aromatic carbocycles. The highest BCUT2D eigenvalue weighted by molar-refractivity contribution is 7.71. The number of aliphatic hydroxyl groups excluding tert-OH is 3.